The van der Waals surface area contributed by atoms with Crippen LogP contribution in [0.25, 0.3) is 0 Å². The Morgan fingerprint density at radius 2 is 2.00 bits per heavy atom. The largest absolute Gasteiger partial charge is 0.573 e. The highest BCUT2D eigenvalue weighted by Crippen LogP contribution is 2.57. The van der Waals surface area contributed by atoms with Crippen LogP contribution in [0.4, 0.5) is 13.2 Å². The average Bonchev–Trinajstić information content (AvgIpc) is 2.86. The lowest BCUT2D eigenvalue weighted by Gasteiger charge is -2.19. The Hall–Kier alpha value is -1.23. The summed E-state index contributed by atoms with van der Waals surface area (Å²) in [5.41, 5.74) is 1.08. The fraction of sp³-hybridized carbons (Fsp3) is 0.571. The Morgan fingerprint density at radius 1 is 1.37 bits per heavy atom. The van der Waals surface area contributed by atoms with Gasteiger partial charge in [-0.05, 0) is 42.5 Å². The minimum absolute atomic E-state index is 0.0618. The van der Waals surface area contributed by atoms with E-state index >= 15 is 0 Å². The highest BCUT2D eigenvalue weighted by molar-refractivity contribution is 5.32. The minimum Gasteiger partial charge on any atom is -0.406 e. The van der Waals surface area contributed by atoms with Crippen LogP contribution in [-0.2, 0) is 0 Å². The first-order valence-electron chi connectivity index (χ1n) is 6.26. The number of nitrogens with one attached hydrogen (secondary N) is 1. The lowest BCUT2D eigenvalue weighted by molar-refractivity contribution is -0.274. The van der Waals surface area contributed by atoms with Gasteiger partial charge in [0.25, 0.3) is 0 Å². The third-order valence-corrected chi connectivity index (χ3v) is 3.75. The van der Waals surface area contributed by atoms with Gasteiger partial charge < -0.3 is 10.1 Å². The minimum atomic E-state index is -4.65. The fourth-order valence-corrected chi connectivity index (χ4v) is 2.58. The third kappa shape index (κ3) is 3.41. The van der Waals surface area contributed by atoms with E-state index in [0.717, 1.165) is 12.0 Å². The predicted octanol–water partition coefficient (Wildman–Crippen LogP) is 3.89. The topological polar surface area (TPSA) is 21.3 Å². The van der Waals surface area contributed by atoms with Crippen LogP contribution in [-0.4, -0.2) is 13.4 Å². The monoisotopic (exact) mass is 273 g/mol. The molecule has 0 radical (unpaired) electrons. The summed E-state index contributed by atoms with van der Waals surface area (Å²) in [6.07, 6.45) is -3.57. The molecular formula is C14H18F3NO. The highest BCUT2D eigenvalue weighted by Gasteiger charge is 2.50. The molecule has 1 saturated carbocycles. The lowest BCUT2D eigenvalue weighted by atomic mass is 9.97. The molecule has 1 aliphatic carbocycles. The van der Waals surface area contributed by atoms with E-state index in [9.17, 15) is 13.2 Å². The number of ether oxygens (including phenoxy) is 1. The Morgan fingerprint density at radius 3 is 2.47 bits per heavy atom. The molecule has 0 amide bonds. The molecule has 1 N–H and O–H groups in total. The van der Waals surface area contributed by atoms with E-state index < -0.39 is 6.36 Å². The quantitative estimate of drug-likeness (QED) is 0.898. The number of hydrogen-bond donors (Lipinski definition) is 1. The van der Waals surface area contributed by atoms with Gasteiger partial charge in [-0.25, -0.2) is 0 Å². The molecule has 19 heavy (non-hydrogen) atoms. The summed E-state index contributed by atoms with van der Waals surface area (Å²) in [5.74, 6) is 0.280. The van der Waals surface area contributed by atoms with Gasteiger partial charge >= 0.3 is 6.36 Å². The summed E-state index contributed by atoms with van der Waals surface area (Å²) in [4.78, 5) is 0. The number of hydrogen-bond acceptors (Lipinski definition) is 2. The molecule has 0 saturated heterocycles. The molecule has 1 aromatic rings. The van der Waals surface area contributed by atoms with Gasteiger partial charge in [-0.3, -0.25) is 0 Å². The number of halogens is 3. The van der Waals surface area contributed by atoms with Crippen molar-refractivity contribution in [2.24, 2.45) is 11.3 Å². The molecule has 5 heteroatoms. The maximum Gasteiger partial charge on any atom is 0.573 e. The molecule has 1 aliphatic rings. The Balaban J connectivity index is 2.18. The third-order valence-electron chi connectivity index (χ3n) is 3.75. The summed E-state index contributed by atoms with van der Waals surface area (Å²) in [6.45, 7) is 4.33. The van der Waals surface area contributed by atoms with Gasteiger partial charge in [-0.15, -0.1) is 13.2 Å². The summed E-state index contributed by atoms with van der Waals surface area (Å²) < 4.78 is 40.6. The van der Waals surface area contributed by atoms with Crippen LogP contribution in [0.15, 0.2) is 24.3 Å². The molecule has 0 bridgehead atoms. The van der Waals surface area contributed by atoms with E-state index in [1.807, 2.05) is 13.1 Å². The standard InChI is InChI=1S/C14H18F3NO/c1-13(2)8-11(13)12(18-3)9-5-4-6-10(7-9)19-14(15,16)17/h4-7,11-12,18H,8H2,1-3H3. The smallest absolute Gasteiger partial charge is 0.406 e. The van der Waals surface area contributed by atoms with Crippen molar-refractivity contribution in [2.45, 2.75) is 32.7 Å². The molecule has 0 spiro atoms. The first-order valence-corrected chi connectivity index (χ1v) is 6.26. The van der Waals surface area contributed by atoms with Gasteiger partial charge in [0.1, 0.15) is 5.75 Å². The van der Waals surface area contributed by atoms with E-state index in [2.05, 4.69) is 23.9 Å². The van der Waals surface area contributed by atoms with E-state index in [1.165, 1.54) is 12.1 Å². The molecule has 106 valence electrons. The molecule has 0 heterocycles. The second-order valence-electron chi connectivity index (χ2n) is 5.69. The maximum absolute atomic E-state index is 12.2. The molecule has 0 aromatic heterocycles. The van der Waals surface area contributed by atoms with E-state index in [0.29, 0.717) is 5.92 Å². The van der Waals surface area contributed by atoms with Crippen molar-refractivity contribution in [2.75, 3.05) is 7.05 Å². The van der Waals surface area contributed by atoms with Crippen LogP contribution in [0.3, 0.4) is 0 Å². The van der Waals surface area contributed by atoms with Crippen molar-refractivity contribution >= 4 is 0 Å². The van der Waals surface area contributed by atoms with Crippen LogP contribution >= 0.6 is 0 Å². The van der Waals surface area contributed by atoms with Gasteiger partial charge in [0.2, 0.25) is 0 Å². The normalized spacial score (nSPS) is 22.9. The van der Waals surface area contributed by atoms with Crippen molar-refractivity contribution in [1.82, 2.24) is 5.32 Å². The second kappa shape index (κ2) is 4.71. The number of rotatable bonds is 4. The number of alkyl halides is 3. The van der Waals surface area contributed by atoms with Gasteiger partial charge in [0.15, 0.2) is 0 Å². The van der Waals surface area contributed by atoms with Crippen LogP contribution in [0.1, 0.15) is 31.9 Å². The van der Waals surface area contributed by atoms with Crippen LogP contribution in [0, 0.1) is 11.3 Å². The predicted molar refractivity (Wildman–Crippen MR) is 66.8 cm³/mol. The van der Waals surface area contributed by atoms with Crippen molar-refractivity contribution in [3.05, 3.63) is 29.8 Å². The molecule has 2 atom stereocenters. The van der Waals surface area contributed by atoms with Crippen molar-refractivity contribution in [1.29, 1.82) is 0 Å². The Bertz CT molecular complexity index is 456. The van der Waals surface area contributed by atoms with Crippen molar-refractivity contribution in [3.63, 3.8) is 0 Å². The lowest BCUT2D eigenvalue weighted by Crippen LogP contribution is -2.21. The van der Waals surface area contributed by atoms with E-state index in [1.54, 1.807) is 6.07 Å². The van der Waals surface area contributed by atoms with Crippen molar-refractivity contribution < 1.29 is 17.9 Å². The summed E-state index contributed by atoms with van der Waals surface area (Å²) in [5, 5.41) is 3.19. The molecular weight excluding hydrogens is 255 g/mol. The second-order valence-corrected chi connectivity index (χ2v) is 5.69. The highest BCUT2D eigenvalue weighted by atomic mass is 19.4. The molecule has 1 aromatic carbocycles. The summed E-state index contributed by atoms with van der Waals surface area (Å²) in [6, 6.07) is 6.27. The first kappa shape index (κ1) is 14.2. The molecule has 1 fully saturated rings. The first-order chi connectivity index (χ1) is 8.73. The van der Waals surface area contributed by atoms with Crippen LogP contribution < -0.4 is 10.1 Å². The van der Waals surface area contributed by atoms with Crippen LogP contribution in [0.2, 0.25) is 0 Å². The zero-order chi connectivity index (χ0) is 14.3. The molecule has 2 nitrogen and oxygen atoms in total. The Kier molecular flexibility index (Phi) is 3.51. The maximum atomic E-state index is 12.2. The fourth-order valence-electron chi connectivity index (χ4n) is 2.58. The van der Waals surface area contributed by atoms with E-state index in [4.69, 9.17) is 0 Å². The SMILES string of the molecule is CNC(c1cccc(OC(F)(F)F)c1)C1CC1(C)C. The molecule has 2 unspecified atom stereocenters. The van der Waals surface area contributed by atoms with Gasteiger partial charge in [-0.1, -0.05) is 26.0 Å². The number of benzene rings is 1. The van der Waals surface area contributed by atoms with Gasteiger partial charge in [0, 0.05) is 6.04 Å². The van der Waals surface area contributed by atoms with Gasteiger partial charge in [0.05, 0.1) is 0 Å². The summed E-state index contributed by atoms with van der Waals surface area (Å²) in [7, 11) is 1.83. The van der Waals surface area contributed by atoms with Crippen molar-refractivity contribution in [3.8, 4) is 5.75 Å². The molecule has 0 aliphatic heterocycles. The summed E-state index contributed by atoms with van der Waals surface area (Å²) >= 11 is 0. The van der Waals surface area contributed by atoms with Gasteiger partial charge in [-0.2, -0.15) is 0 Å². The van der Waals surface area contributed by atoms with E-state index in [-0.39, 0.29) is 17.2 Å². The zero-order valence-corrected chi connectivity index (χ0v) is 11.2. The zero-order valence-electron chi connectivity index (χ0n) is 11.2. The Labute approximate surface area is 111 Å². The molecule has 2 rings (SSSR count). The average molecular weight is 273 g/mol. The van der Waals surface area contributed by atoms with Crippen LogP contribution in [0.5, 0.6) is 5.75 Å².